The van der Waals surface area contributed by atoms with Gasteiger partial charge in [-0.2, -0.15) is 0 Å². The van der Waals surface area contributed by atoms with Crippen LogP contribution < -0.4 is 0 Å². The number of carbonyl (C=O) groups excluding carboxylic acids is 1. The fraction of sp³-hybridized carbons (Fsp3) is 0.588. The Hall–Kier alpha value is -1.11. The maximum absolute atomic E-state index is 12.5. The molecule has 4 rings (SSSR count). The van der Waals surface area contributed by atoms with E-state index < -0.39 is 0 Å². The quantitative estimate of drug-likeness (QED) is 0.719. The number of hydrogen-bond donors (Lipinski definition) is 0. The first-order valence-electron chi connectivity index (χ1n) is 7.47. The Labute approximate surface area is 109 Å². The predicted octanol–water partition coefficient (Wildman–Crippen LogP) is 3.79. The molecule has 1 aromatic carbocycles. The minimum absolute atomic E-state index is 0.343. The molecule has 2 unspecified atom stereocenters. The lowest BCUT2D eigenvalue weighted by Crippen LogP contribution is -2.14. The van der Waals surface area contributed by atoms with Crippen molar-refractivity contribution in [2.75, 3.05) is 0 Å². The van der Waals surface area contributed by atoms with Gasteiger partial charge in [0.05, 0.1) is 0 Å². The molecule has 1 nitrogen and oxygen atoms in total. The molecule has 0 aliphatic heterocycles. The third kappa shape index (κ3) is 1.72. The molecule has 0 amide bonds. The second kappa shape index (κ2) is 3.94. The van der Waals surface area contributed by atoms with Crippen LogP contribution in [0.3, 0.4) is 0 Å². The second-order valence-electron chi connectivity index (χ2n) is 6.48. The SMILES string of the molecule is O=C(c1ccc2c(c1)CCCC2)C1CC2CC2C1. The zero-order valence-corrected chi connectivity index (χ0v) is 10.8. The normalized spacial score (nSPS) is 32.8. The van der Waals surface area contributed by atoms with Crippen LogP contribution >= 0.6 is 0 Å². The standard InChI is InChI=1S/C17H20O/c18-17(16-9-14-8-15(14)10-16)13-6-5-11-3-1-2-4-12(11)7-13/h5-7,14-16H,1-4,8-10H2. The van der Waals surface area contributed by atoms with E-state index >= 15 is 0 Å². The van der Waals surface area contributed by atoms with Crippen LogP contribution in [0.25, 0.3) is 0 Å². The predicted molar refractivity (Wildman–Crippen MR) is 71.7 cm³/mol. The van der Waals surface area contributed by atoms with Crippen molar-refractivity contribution in [2.24, 2.45) is 17.8 Å². The molecule has 3 aliphatic rings. The number of aryl methyl sites for hydroxylation is 2. The van der Waals surface area contributed by atoms with Gasteiger partial charge in [-0.15, -0.1) is 0 Å². The number of fused-ring (bicyclic) bond motifs is 2. The molecule has 0 radical (unpaired) electrons. The van der Waals surface area contributed by atoms with Crippen LogP contribution in [0.1, 0.15) is 53.6 Å². The summed E-state index contributed by atoms with van der Waals surface area (Å²) in [5.74, 6) is 2.57. The highest BCUT2D eigenvalue weighted by molar-refractivity contribution is 5.98. The molecule has 2 saturated carbocycles. The lowest BCUT2D eigenvalue weighted by Gasteiger charge is -2.17. The largest absolute Gasteiger partial charge is 0.294 e. The first-order chi connectivity index (χ1) is 8.81. The summed E-state index contributed by atoms with van der Waals surface area (Å²) in [5, 5.41) is 0. The van der Waals surface area contributed by atoms with Crippen molar-refractivity contribution in [3.05, 3.63) is 34.9 Å². The van der Waals surface area contributed by atoms with Gasteiger partial charge in [0.1, 0.15) is 0 Å². The monoisotopic (exact) mass is 240 g/mol. The van der Waals surface area contributed by atoms with Gasteiger partial charge in [0.25, 0.3) is 0 Å². The molecular weight excluding hydrogens is 220 g/mol. The van der Waals surface area contributed by atoms with E-state index in [1.54, 1.807) is 0 Å². The Bertz CT molecular complexity index is 492. The molecule has 0 spiro atoms. The van der Waals surface area contributed by atoms with E-state index in [4.69, 9.17) is 0 Å². The number of benzene rings is 1. The van der Waals surface area contributed by atoms with Crippen molar-refractivity contribution in [1.82, 2.24) is 0 Å². The molecule has 18 heavy (non-hydrogen) atoms. The topological polar surface area (TPSA) is 17.1 Å². The summed E-state index contributed by atoms with van der Waals surface area (Å²) in [6.45, 7) is 0. The second-order valence-corrected chi connectivity index (χ2v) is 6.48. The Morgan fingerprint density at radius 2 is 1.67 bits per heavy atom. The number of rotatable bonds is 2. The average molecular weight is 240 g/mol. The molecule has 0 heterocycles. The highest BCUT2D eigenvalue weighted by Crippen LogP contribution is 2.54. The maximum atomic E-state index is 12.5. The highest BCUT2D eigenvalue weighted by atomic mass is 16.1. The smallest absolute Gasteiger partial charge is 0.165 e. The molecule has 0 saturated heterocycles. The van der Waals surface area contributed by atoms with Crippen LogP contribution in [0.2, 0.25) is 0 Å². The Balaban J connectivity index is 1.58. The third-order valence-corrected chi connectivity index (χ3v) is 5.25. The van der Waals surface area contributed by atoms with Crippen LogP contribution in [-0.2, 0) is 12.8 Å². The van der Waals surface area contributed by atoms with Crippen molar-refractivity contribution >= 4 is 5.78 Å². The first kappa shape index (κ1) is 10.8. The Kier molecular flexibility index (Phi) is 2.36. The summed E-state index contributed by atoms with van der Waals surface area (Å²) < 4.78 is 0. The number of carbonyl (C=O) groups is 1. The number of hydrogen-bond acceptors (Lipinski definition) is 1. The molecular formula is C17H20O. The summed E-state index contributed by atoms with van der Waals surface area (Å²) in [4.78, 5) is 12.5. The van der Waals surface area contributed by atoms with Gasteiger partial charge in [0, 0.05) is 11.5 Å². The molecule has 2 atom stereocenters. The van der Waals surface area contributed by atoms with Crippen LogP contribution in [0.4, 0.5) is 0 Å². The van der Waals surface area contributed by atoms with Crippen LogP contribution in [-0.4, -0.2) is 5.78 Å². The van der Waals surface area contributed by atoms with Crippen LogP contribution in [0.15, 0.2) is 18.2 Å². The Morgan fingerprint density at radius 3 is 2.44 bits per heavy atom. The average Bonchev–Trinajstić information content (AvgIpc) is 3.04. The number of Topliss-reactive ketones (excluding diaryl/α,β-unsaturated/α-hetero) is 1. The Morgan fingerprint density at radius 1 is 0.944 bits per heavy atom. The molecule has 2 fully saturated rings. The van der Waals surface area contributed by atoms with E-state index in [1.165, 1.54) is 56.1 Å². The highest BCUT2D eigenvalue weighted by Gasteiger charge is 2.47. The zero-order valence-electron chi connectivity index (χ0n) is 10.8. The molecule has 3 aliphatic carbocycles. The van der Waals surface area contributed by atoms with E-state index in [9.17, 15) is 4.79 Å². The summed E-state index contributed by atoms with van der Waals surface area (Å²) >= 11 is 0. The summed E-state index contributed by atoms with van der Waals surface area (Å²) in [5.41, 5.74) is 3.91. The van der Waals surface area contributed by atoms with E-state index in [1.807, 2.05) is 0 Å². The van der Waals surface area contributed by atoms with Gasteiger partial charge in [-0.25, -0.2) is 0 Å². The molecule has 0 aromatic heterocycles. The van der Waals surface area contributed by atoms with Crippen LogP contribution in [0, 0.1) is 17.8 Å². The van der Waals surface area contributed by atoms with Gasteiger partial charge in [0.2, 0.25) is 0 Å². The summed E-state index contributed by atoms with van der Waals surface area (Å²) in [6, 6.07) is 6.48. The minimum Gasteiger partial charge on any atom is -0.294 e. The van der Waals surface area contributed by atoms with E-state index in [0.717, 1.165) is 17.4 Å². The van der Waals surface area contributed by atoms with E-state index in [-0.39, 0.29) is 0 Å². The number of ketones is 1. The molecule has 1 aromatic rings. The van der Waals surface area contributed by atoms with Crippen molar-refractivity contribution in [3.8, 4) is 0 Å². The van der Waals surface area contributed by atoms with Crippen molar-refractivity contribution in [1.29, 1.82) is 0 Å². The first-order valence-corrected chi connectivity index (χ1v) is 7.47. The van der Waals surface area contributed by atoms with Crippen molar-refractivity contribution in [3.63, 3.8) is 0 Å². The third-order valence-electron chi connectivity index (χ3n) is 5.25. The fourth-order valence-electron chi connectivity index (χ4n) is 4.05. The minimum atomic E-state index is 0.343. The van der Waals surface area contributed by atoms with Gasteiger partial charge in [0.15, 0.2) is 5.78 Å². The summed E-state index contributed by atoms with van der Waals surface area (Å²) in [6.07, 6.45) is 8.71. The van der Waals surface area contributed by atoms with E-state index in [2.05, 4.69) is 18.2 Å². The maximum Gasteiger partial charge on any atom is 0.165 e. The van der Waals surface area contributed by atoms with Crippen molar-refractivity contribution in [2.45, 2.75) is 44.9 Å². The molecule has 0 bridgehead atoms. The molecule has 1 heteroatoms. The molecule has 0 N–H and O–H groups in total. The summed E-state index contributed by atoms with van der Waals surface area (Å²) in [7, 11) is 0. The van der Waals surface area contributed by atoms with Gasteiger partial charge in [-0.1, -0.05) is 12.1 Å². The zero-order chi connectivity index (χ0) is 12.1. The van der Waals surface area contributed by atoms with E-state index in [0.29, 0.717) is 11.7 Å². The fourth-order valence-corrected chi connectivity index (χ4v) is 4.05. The van der Waals surface area contributed by atoms with Crippen LogP contribution in [0.5, 0.6) is 0 Å². The molecule has 94 valence electrons. The lowest BCUT2D eigenvalue weighted by atomic mass is 9.87. The van der Waals surface area contributed by atoms with Gasteiger partial charge >= 0.3 is 0 Å². The van der Waals surface area contributed by atoms with Gasteiger partial charge < -0.3 is 0 Å². The van der Waals surface area contributed by atoms with Gasteiger partial charge in [-0.05, 0) is 74.0 Å². The van der Waals surface area contributed by atoms with Gasteiger partial charge in [-0.3, -0.25) is 4.79 Å². The lowest BCUT2D eigenvalue weighted by molar-refractivity contribution is 0.0914. The van der Waals surface area contributed by atoms with Crippen molar-refractivity contribution < 1.29 is 4.79 Å².